The van der Waals surface area contributed by atoms with Crippen molar-refractivity contribution in [2.75, 3.05) is 53.0 Å². The van der Waals surface area contributed by atoms with E-state index in [1.54, 1.807) is 18.2 Å². The van der Waals surface area contributed by atoms with E-state index in [0.717, 1.165) is 31.7 Å². The zero-order valence-electron chi connectivity index (χ0n) is 19.4. The van der Waals surface area contributed by atoms with E-state index in [-0.39, 0.29) is 36.7 Å². The number of fused-ring (bicyclic) bond motifs is 1. The molecule has 1 amide bonds. The second-order valence-electron chi connectivity index (χ2n) is 9.41. The molecule has 0 aromatic heterocycles. The third-order valence-electron chi connectivity index (χ3n) is 6.79. The summed E-state index contributed by atoms with van der Waals surface area (Å²) in [5.41, 5.74) is 0.853. The molecule has 0 radical (unpaired) electrons. The van der Waals surface area contributed by atoms with Crippen LogP contribution in [0.5, 0.6) is 0 Å². The van der Waals surface area contributed by atoms with Gasteiger partial charge >= 0.3 is 0 Å². The quantitative estimate of drug-likeness (QED) is 0.667. The number of nitrogens with zero attached hydrogens (tertiary/aromatic N) is 3. The Morgan fingerprint density at radius 3 is 2.64 bits per heavy atom. The highest BCUT2D eigenvalue weighted by Gasteiger charge is 2.43. The summed E-state index contributed by atoms with van der Waals surface area (Å²) in [7, 11) is -1.78. The topological polar surface area (TPSA) is 99.6 Å². The third-order valence-corrected chi connectivity index (χ3v) is 8.68. The maximum atomic E-state index is 13.6. The van der Waals surface area contributed by atoms with Crippen molar-refractivity contribution in [3.8, 4) is 0 Å². The second-order valence-corrected chi connectivity index (χ2v) is 11.3. The molecule has 33 heavy (non-hydrogen) atoms. The van der Waals surface area contributed by atoms with Gasteiger partial charge in [-0.05, 0) is 44.5 Å². The van der Waals surface area contributed by atoms with Gasteiger partial charge in [0.25, 0.3) is 0 Å². The number of amides is 1. The summed E-state index contributed by atoms with van der Waals surface area (Å²) < 4.78 is 40.4. The molecule has 0 saturated carbocycles. The Kier molecular flexibility index (Phi) is 7.72. The fourth-order valence-corrected chi connectivity index (χ4v) is 6.68. The molecule has 3 aliphatic rings. The van der Waals surface area contributed by atoms with Gasteiger partial charge in [-0.25, -0.2) is 8.42 Å². The van der Waals surface area contributed by atoms with Crippen molar-refractivity contribution in [2.45, 2.75) is 55.4 Å². The minimum Gasteiger partial charge on any atom is -0.389 e. The lowest BCUT2D eigenvalue weighted by Gasteiger charge is -2.44. The zero-order chi connectivity index (χ0) is 23.6. The van der Waals surface area contributed by atoms with Gasteiger partial charge < -0.3 is 24.4 Å². The summed E-state index contributed by atoms with van der Waals surface area (Å²) in [4.78, 5) is 17.1. The average molecular weight is 482 g/mol. The molecule has 9 nitrogen and oxygen atoms in total. The highest BCUT2D eigenvalue weighted by molar-refractivity contribution is 7.89. The molecule has 1 N–H and O–H groups in total. The van der Waals surface area contributed by atoms with Crippen molar-refractivity contribution < 1.29 is 27.8 Å². The first-order valence-electron chi connectivity index (χ1n) is 11.7. The number of aryl methyl sites for hydroxylation is 1. The largest absolute Gasteiger partial charge is 0.389 e. The van der Waals surface area contributed by atoms with Crippen LogP contribution in [0, 0.1) is 6.92 Å². The maximum absolute atomic E-state index is 13.6. The fraction of sp³-hybridized carbons (Fsp3) is 0.696. The van der Waals surface area contributed by atoms with Crippen LogP contribution in [0.2, 0.25) is 0 Å². The van der Waals surface area contributed by atoms with Gasteiger partial charge in [-0.2, -0.15) is 4.31 Å². The predicted molar refractivity (Wildman–Crippen MR) is 122 cm³/mol. The molecule has 0 spiro atoms. The Labute approximate surface area is 196 Å². The molecule has 0 aliphatic carbocycles. The molecule has 184 valence electrons. The summed E-state index contributed by atoms with van der Waals surface area (Å²) in [6, 6.07) is 6.35. The van der Waals surface area contributed by atoms with Crippen molar-refractivity contribution in [1.82, 2.24) is 14.1 Å². The van der Waals surface area contributed by atoms with Gasteiger partial charge in [0.15, 0.2) is 0 Å². The first-order valence-corrected chi connectivity index (χ1v) is 13.1. The van der Waals surface area contributed by atoms with E-state index in [2.05, 4.69) is 4.90 Å². The van der Waals surface area contributed by atoms with E-state index in [9.17, 15) is 18.3 Å². The highest BCUT2D eigenvalue weighted by Crippen LogP contribution is 2.32. The fourth-order valence-electron chi connectivity index (χ4n) is 4.86. The molecular formula is C23H35N3O6S. The SMILES string of the molecule is Cc1cccc(S(=O)(=O)N2C[C@H](O)COC[C@H]3O[C@@H](CC(=O)N4CCN(C)CC4)CC[C@@H]32)c1. The van der Waals surface area contributed by atoms with Crippen molar-refractivity contribution in [2.24, 2.45) is 0 Å². The Morgan fingerprint density at radius 1 is 1.15 bits per heavy atom. The summed E-state index contributed by atoms with van der Waals surface area (Å²) in [5.74, 6) is 0.0815. The molecule has 0 unspecified atom stereocenters. The van der Waals surface area contributed by atoms with E-state index in [4.69, 9.17) is 9.47 Å². The Morgan fingerprint density at radius 2 is 1.91 bits per heavy atom. The van der Waals surface area contributed by atoms with Crippen LogP contribution in [0.15, 0.2) is 29.2 Å². The van der Waals surface area contributed by atoms with E-state index in [1.165, 1.54) is 4.31 Å². The summed E-state index contributed by atoms with van der Waals surface area (Å²) in [6.07, 6.45) is -0.253. The van der Waals surface area contributed by atoms with Crippen molar-refractivity contribution in [3.63, 3.8) is 0 Å². The molecule has 0 bridgehead atoms. The number of hydrogen-bond acceptors (Lipinski definition) is 7. The highest BCUT2D eigenvalue weighted by atomic mass is 32.2. The van der Waals surface area contributed by atoms with E-state index >= 15 is 0 Å². The first-order chi connectivity index (χ1) is 15.7. The van der Waals surface area contributed by atoms with Crippen LogP contribution in [-0.2, 0) is 24.3 Å². The lowest BCUT2D eigenvalue weighted by Crippen LogP contribution is -2.57. The molecule has 4 rings (SSSR count). The smallest absolute Gasteiger partial charge is 0.243 e. The molecule has 1 aromatic rings. The number of β-amino-alcohol motifs (C(OH)–C–C–N with tert-alkyl or cyclic N) is 1. The summed E-state index contributed by atoms with van der Waals surface area (Å²) >= 11 is 0. The molecule has 3 aliphatic heterocycles. The van der Waals surface area contributed by atoms with Gasteiger partial charge in [0.1, 0.15) is 0 Å². The molecular weight excluding hydrogens is 446 g/mol. The van der Waals surface area contributed by atoms with E-state index < -0.39 is 28.3 Å². The predicted octanol–water partition coefficient (Wildman–Crippen LogP) is 0.457. The number of rotatable bonds is 4. The number of benzene rings is 1. The normalized spacial score (nSPS) is 30.3. The van der Waals surface area contributed by atoms with Crippen molar-refractivity contribution in [1.29, 1.82) is 0 Å². The summed E-state index contributed by atoms with van der Waals surface area (Å²) in [6.45, 7) is 5.19. The monoisotopic (exact) mass is 481 g/mol. The molecule has 3 saturated heterocycles. The zero-order valence-corrected chi connectivity index (χ0v) is 20.2. The Bertz CT molecular complexity index is 934. The van der Waals surface area contributed by atoms with Gasteiger partial charge in [0.05, 0.1) is 48.9 Å². The standard InChI is InChI=1S/C23H35N3O6S/c1-17-4-3-5-20(12-17)33(29,30)26-14-18(27)15-31-16-22-21(26)7-6-19(32-22)13-23(28)25-10-8-24(2)9-11-25/h3-5,12,18-19,21-22,27H,6-11,13-16H2,1-2H3/t18-,19+,21-,22+/m0/s1. The third kappa shape index (κ3) is 5.75. The second kappa shape index (κ2) is 10.4. The number of likely N-dealkylation sites (N-methyl/N-ethyl adjacent to an activating group) is 1. The van der Waals surface area contributed by atoms with Crippen LogP contribution < -0.4 is 0 Å². The molecule has 3 fully saturated rings. The van der Waals surface area contributed by atoms with E-state index in [1.807, 2.05) is 24.9 Å². The number of aliphatic hydroxyl groups is 1. The number of hydrogen-bond donors (Lipinski definition) is 1. The van der Waals surface area contributed by atoms with Gasteiger partial charge in [0.2, 0.25) is 15.9 Å². The number of ether oxygens (including phenoxy) is 2. The van der Waals surface area contributed by atoms with Crippen LogP contribution in [0.4, 0.5) is 0 Å². The Hall–Kier alpha value is -1.56. The van der Waals surface area contributed by atoms with Gasteiger partial charge in [-0.1, -0.05) is 12.1 Å². The Balaban J connectivity index is 1.48. The maximum Gasteiger partial charge on any atom is 0.243 e. The minimum atomic E-state index is -3.83. The minimum absolute atomic E-state index is 0.0390. The van der Waals surface area contributed by atoms with Crippen LogP contribution in [0.3, 0.4) is 0 Å². The lowest BCUT2D eigenvalue weighted by atomic mass is 9.96. The van der Waals surface area contributed by atoms with Crippen LogP contribution in [0.1, 0.15) is 24.8 Å². The van der Waals surface area contributed by atoms with Crippen molar-refractivity contribution in [3.05, 3.63) is 29.8 Å². The molecule has 1 aromatic carbocycles. The van der Waals surface area contributed by atoms with Crippen LogP contribution >= 0.6 is 0 Å². The van der Waals surface area contributed by atoms with E-state index in [0.29, 0.717) is 19.3 Å². The number of aliphatic hydroxyl groups excluding tert-OH is 1. The van der Waals surface area contributed by atoms with Gasteiger partial charge in [0, 0.05) is 32.7 Å². The lowest BCUT2D eigenvalue weighted by molar-refractivity contribution is -0.152. The molecule has 4 atom stereocenters. The summed E-state index contributed by atoms with van der Waals surface area (Å²) in [5, 5.41) is 10.3. The van der Waals surface area contributed by atoms with Gasteiger partial charge in [-0.3, -0.25) is 4.79 Å². The number of carbonyl (C=O) groups excluding carboxylic acids is 1. The molecule has 3 heterocycles. The number of carbonyl (C=O) groups is 1. The van der Waals surface area contributed by atoms with Crippen LogP contribution in [0.25, 0.3) is 0 Å². The first kappa shape index (κ1) is 24.6. The molecule has 10 heteroatoms. The van der Waals surface area contributed by atoms with Crippen LogP contribution in [-0.4, -0.2) is 111 Å². The average Bonchev–Trinajstić information content (AvgIpc) is 2.77. The number of piperazine rings is 1. The van der Waals surface area contributed by atoms with Gasteiger partial charge in [-0.15, -0.1) is 0 Å². The van der Waals surface area contributed by atoms with Crippen molar-refractivity contribution >= 4 is 15.9 Å². The number of sulfonamides is 1.